The van der Waals surface area contributed by atoms with E-state index in [2.05, 4.69) is 5.32 Å². The van der Waals surface area contributed by atoms with Crippen molar-refractivity contribution in [3.8, 4) is 11.5 Å². The summed E-state index contributed by atoms with van der Waals surface area (Å²) >= 11 is 0. The Hall–Kier alpha value is -1.55. The summed E-state index contributed by atoms with van der Waals surface area (Å²) < 4.78 is 10.4. The van der Waals surface area contributed by atoms with Crippen LogP contribution in [0.2, 0.25) is 0 Å². The van der Waals surface area contributed by atoms with Gasteiger partial charge in [-0.15, -0.1) is 0 Å². The lowest BCUT2D eigenvalue weighted by Gasteiger charge is -2.17. The number of carbonyl (C=O) groups is 1. The van der Waals surface area contributed by atoms with E-state index in [0.29, 0.717) is 5.75 Å². The van der Waals surface area contributed by atoms with E-state index >= 15 is 0 Å². The minimum Gasteiger partial charge on any atom is -0.497 e. The lowest BCUT2D eigenvalue weighted by molar-refractivity contribution is -0.109. The average molecular weight is 223 g/mol. The van der Waals surface area contributed by atoms with Gasteiger partial charge < -0.3 is 19.6 Å². The predicted octanol–water partition coefficient (Wildman–Crippen LogP) is 1.47. The van der Waals surface area contributed by atoms with E-state index in [9.17, 15) is 4.79 Å². The van der Waals surface area contributed by atoms with Crippen molar-refractivity contribution in [2.75, 3.05) is 21.3 Å². The van der Waals surface area contributed by atoms with Gasteiger partial charge >= 0.3 is 0 Å². The van der Waals surface area contributed by atoms with E-state index in [-0.39, 0.29) is 6.04 Å². The van der Waals surface area contributed by atoms with E-state index < -0.39 is 0 Å². The highest BCUT2D eigenvalue weighted by Gasteiger charge is 2.17. The van der Waals surface area contributed by atoms with Crippen molar-refractivity contribution < 1.29 is 14.3 Å². The lowest BCUT2D eigenvalue weighted by atomic mass is 10.0. The normalized spacial score (nSPS) is 12.0. The van der Waals surface area contributed by atoms with Gasteiger partial charge in [0.15, 0.2) is 0 Å². The summed E-state index contributed by atoms with van der Waals surface area (Å²) in [6, 6.07) is 3.29. The highest BCUT2D eigenvalue weighted by Crippen LogP contribution is 2.32. The maximum atomic E-state index is 11.0. The first-order valence-electron chi connectivity index (χ1n) is 5.03. The number of hydrogen-bond donors (Lipinski definition) is 1. The van der Waals surface area contributed by atoms with Gasteiger partial charge in [0.2, 0.25) is 0 Å². The van der Waals surface area contributed by atoms with Crippen molar-refractivity contribution >= 4 is 6.29 Å². The molecule has 0 bridgehead atoms. The molecule has 0 aliphatic carbocycles. The molecule has 4 heteroatoms. The zero-order chi connectivity index (χ0) is 12.1. The second kappa shape index (κ2) is 5.51. The zero-order valence-corrected chi connectivity index (χ0v) is 10.0. The summed E-state index contributed by atoms with van der Waals surface area (Å²) in [6.07, 6.45) is 0.858. The molecule has 0 aliphatic heterocycles. The van der Waals surface area contributed by atoms with Gasteiger partial charge in [0, 0.05) is 11.6 Å². The van der Waals surface area contributed by atoms with Crippen molar-refractivity contribution in [1.82, 2.24) is 5.32 Å². The molecule has 0 aliphatic rings. The maximum absolute atomic E-state index is 11.0. The molecular weight excluding hydrogens is 206 g/mol. The molecule has 0 radical (unpaired) electrons. The molecule has 0 spiro atoms. The number of ether oxygens (including phenoxy) is 2. The molecule has 1 atom stereocenters. The third-order valence-corrected chi connectivity index (χ3v) is 2.54. The number of rotatable bonds is 5. The van der Waals surface area contributed by atoms with E-state index in [1.807, 2.05) is 13.0 Å². The largest absolute Gasteiger partial charge is 0.497 e. The van der Waals surface area contributed by atoms with Crippen molar-refractivity contribution in [3.63, 3.8) is 0 Å². The number of nitrogens with one attached hydrogen (secondary N) is 1. The van der Waals surface area contributed by atoms with Crippen LogP contribution >= 0.6 is 0 Å². The standard InChI is InChI=1S/C12H17NO3/c1-8-5-9(15-3)6-11(16-4)12(8)10(7-14)13-2/h5-7,10,13H,1-4H3. The summed E-state index contributed by atoms with van der Waals surface area (Å²) in [5.41, 5.74) is 1.81. The molecular formula is C12H17NO3. The fraction of sp³-hybridized carbons (Fsp3) is 0.417. The Morgan fingerprint density at radius 2 is 2.00 bits per heavy atom. The molecule has 4 nitrogen and oxygen atoms in total. The Kier molecular flexibility index (Phi) is 4.31. The van der Waals surface area contributed by atoms with Gasteiger partial charge in [0.25, 0.3) is 0 Å². The van der Waals surface area contributed by atoms with Gasteiger partial charge in [-0.2, -0.15) is 0 Å². The van der Waals surface area contributed by atoms with Gasteiger partial charge in [-0.3, -0.25) is 0 Å². The first-order valence-corrected chi connectivity index (χ1v) is 5.03. The number of aldehydes is 1. The van der Waals surface area contributed by atoms with Crippen LogP contribution in [-0.4, -0.2) is 27.6 Å². The number of hydrogen-bond acceptors (Lipinski definition) is 4. The molecule has 1 aromatic carbocycles. The van der Waals surface area contributed by atoms with Crippen molar-refractivity contribution in [1.29, 1.82) is 0 Å². The SMILES string of the molecule is CNC(C=O)c1c(C)cc(OC)cc1OC. The van der Waals surface area contributed by atoms with E-state index in [1.54, 1.807) is 27.3 Å². The molecule has 1 unspecified atom stereocenters. The molecule has 1 rings (SSSR count). The number of carbonyl (C=O) groups excluding carboxylic acids is 1. The maximum Gasteiger partial charge on any atom is 0.141 e. The fourth-order valence-electron chi connectivity index (χ4n) is 1.70. The van der Waals surface area contributed by atoms with Crippen molar-refractivity contribution in [2.45, 2.75) is 13.0 Å². The number of likely N-dealkylation sites (N-methyl/N-ethyl adjacent to an activating group) is 1. The van der Waals surface area contributed by atoms with Crippen molar-refractivity contribution in [3.05, 3.63) is 23.3 Å². The van der Waals surface area contributed by atoms with E-state index in [1.165, 1.54) is 0 Å². The van der Waals surface area contributed by atoms with Crippen LogP contribution in [0.4, 0.5) is 0 Å². The second-order valence-corrected chi connectivity index (χ2v) is 3.46. The minimum atomic E-state index is -0.360. The highest BCUT2D eigenvalue weighted by atomic mass is 16.5. The molecule has 0 fully saturated rings. The molecule has 0 saturated heterocycles. The molecule has 0 heterocycles. The monoisotopic (exact) mass is 223 g/mol. The fourth-order valence-corrected chi connectivity index (χ4v) is 1.70. The Labute approximate surface area is 95.6 Å². The summed E-state index contributed by atoms with van der Waals surface area (Å²) in [7, 11) is 4.92. The minimum absolute atomic E-state index is 0.360. The van der Waals surface area contributed by atoms with Gasteiger partial charge in [0.05, 0.1) is 20.3 Å². The quantitative estimate of drug-likeness (QED) is 0.768. The molecule has 1 N–H and O–H groups in total. The predicted molar refractivity (Wildman–Crippen MR) is 62.1 cm³/mol. The number of aryl methyl sites for hydroxylation is 1. The first kappa shape index (κ1) is 12.5. The van der Waals surface area contributed by atoms with Crippen LogP contribution in [0.1, 0.15) is 17.2 Å². The molecule has 0 amide bonds. The number of methoxy groups -OCH3 is 2. The van der Waals surface area contributed by atoms with Crippen LogP contribution in [0.25, 0.3) is 0 Å². The molecule has 16 heavy (non-hydrogen) atoms. The molecule has 0 aromatic heterocycles. The molecule has 88 valence electrons. The Morgan fingerprint density at radius 1 is 1.31 bits per heavy atom. The topological polar surface area (TPSA) is 47.6 Å². The van der Waals surface area contributed by atoms with Crippen LogP contribution in [0.3, 0.4) is 0 Å². The van der Waals surface area contributed by atoms with Gasteiger partial charge in [-0.25, -0.2) is 0 Å². The summed E-state index contributed by atoms with van der Waals surface area (Å²) in [6.45, 7) is 1.92. The highest BCUT2D eigenvalue weighted by molar-refractivity contribution is 5.66. The summed E-state index contributed by atoms with van der Waals surface area (Å²) in [5.74, 6) is 1.38. The third-order valence-electron chi connectivity index (χ3n) is 2.54. The third kappa shape index (κ3) is 2.33. The van der Waals surface area contributed by atoms with Crippen molar-refractivity contribution in [2.24, 2.45) is 0 Å². The van der Waals surface area contributed by atoms with Crippen LogP contribution < -0.4 is 14.8 Å². The van der Waals surface area contributed by atoms with E-state index in [4.69, 9.17) is 9.47 Å². The Balaban J connectivity index is 3.30. The zero-order valence-electron chi connectivity index (χ0n) is 10.0. The second-order valence-electron chi connectivity index (χ2n) is 3.46. The van der Waals surface area contributed by atoms with Gasteiger partial charge in [0.1, 0.15) is 17.8 Å². The first-order chi connectivity index (χ1) is 7.67. The summed E-state index contributed by atoms with van der Waals surface area (Å²) in [5, 5.41) is 2.93. The van der Waals surface area contributed by atoms with Gasteiger partial charge in [-0.1, -0.05) is 0 Å². The number of benzene rings is 1. The smallest absolute Gasteiger partial charge is 0.141 e. The van der Waals surface area contributed by atoms with Gasteiger partial charge in [-0.05, 0) is 25.6 Å². The average Bonchev–Trinajstić information content (AvgIpc) is 2.31. The Bertz CT molecular complexity index is 377. The van der Waals surface area contributed by atoms with Crippen LogP contribution in [0.15, 0.2) is 12.1 Å². The lowest BCUT2D eigenvalue weighted by Crippen LogP contribution is -2.19. The Morgan fingerprint density at radius 3 is 2.44 bits per heavy atom. The van der Waals surface area contributed by atoms with Crippen LogP contribution in [-0.2, 0) is 4.79 Å². The van der Waals surface area contributed by atoms with Crippen LogP contribution in [0, 0.1) is 6.92 Å². The van der Waals surface area contributed by atoms with E-state index in [0.717, 1.165) is 23.2 Å². The molecule has 1 aromatic rings. The molecule has 0 saturated carbocycles. The summed E-state index contributed by atoms with van der Waals surface area (Å²) in [4.78, 5) is 11.0. The van der Waals surface area contributed by atoms with Crippen LogP contribution in [0.5, 0.6) is 11.5 Å².